The molecule has 0 bridgehead atoms. The van der Waals surface area contributed by atoms with Gasteiger partial charge in [0.1, 0.15) is 11.5 Å². The Kier molecular flexibility index (Phi) is 7.13. The van der Waals surface area contributed by atoms with Crippen molar-refractivity contribution >= 4 is 23.9 Å². The van der Waals surface area contributed by atoms with E-state index in [2.05, 4.69) is 5.32 Å². The van der Waals surface area contributed by atoms with Crippen LogP contribution in [0.25, 0.3) is 6.08 Å². The van der Waals surface area contributed by atoms with Gasteiger partial charge in [0.15, 0.2) is 6.61 Å². The summed E-state index contributed by atoms with van der Waals surface area (Å²) >= 11 is 0. The number of rotatable bonds is 7. The number of hydrogen-bond donors (Lipinski definition) is 1. The summed E-state index contributed by atoms with van der Waals surface area (Å²) in [5.41, 5.74) is 0.944. The predicted octanol–water partition coefficient (Wildman–Crippen LogP) is 2.22. The first-order valence-corrected chi connectivity index (χ1v) is 7.99. The van der Waals surface area contributed by atoms with Crippen LogP contribution in [0.3, 0.4) is 0 Å². The number of hydrogen-bond acceptors (Lipinski definition) is 6. The quantitative estimate of drug-likeness (QED) is 0.594. The molecule has 1 N–H and O–H groups in total. The second-order valence-corrected chi connectivity index (χ2v) is 5.29. The number of carbonyl (C=O) groups is 3. The first kappa shape index (κ1) is 19.7. The van der Waals surface area contributed by atoms with Gasteiger partial charge in [0.25, 0.3) is 11.8 Å². The largest absolute Gasteiger partial charge is 0.497 e. The number of benzene rings is 2. The molecule has 0 aliphatic heterocycles. The van der Waals surface area contributed by atoms with Gasteiger partial charge in [-0.25, -0.2) is 4.79 Å². The van der Waals surface area contributed by atoms with Crippen LogP contribution < -0.4 is 14.8 Å². The Morgan fingerprint density at radius 1 is 1.00 bits per heavy atom. The van der Waals surface area contributed by atoms with Crippen molar-refractivity contribution in [2.75, 3.05) is 20.8 Å². The molecule has 0 saturated heterocycles. The molecule has 0 heterocycles. The Morgan fingerprint density at radius 2 is 1.74 bits per heavy atom. The maximum atomic E-state index is 11.8. The number of ether oxygens (including phenoxy) is 3. The molecule has 140 valence electrons. The highest BCUT2D eigenvalue weighted by atomic mass is 16.5. The molecule has 2 aromatic carbocycles. The van der Waals surface area contributed by atoms with Crippen LogP contribution in [0.2, 0.25) is 0 Å². The van der Waals surface area contributed by atoms with Gasteiger partial charge < -0.3 is 14.2 Å². The highest BCUT2D eigenvalue weighted by Crippen LogP contribution is 2.25. The minimum absolute atomic E-state index is 0.335. The highest BCUT2D eigenvalue weighted by Gasteiger charge is 2.11. The lowest BCUT2D eigenvalue weighted by Crippen LogP contribution is -2.33. The summed E-state index contributed by atoms with van der Waals surface area (Å²) in [5, 5.41) is 2.14. The van der Waals surface area contributed by atoms with Crippen LogP contribution in [0.1, 0.15) is 15.9 Å². The molecule has 2 rings (SSSR count). The van der Waals surface area contributed by atoms with Gasteiger partial charge in [-0.2, -0.15) is 0 Å². The van der Waals surface area contributed by atoms with Crippen LogP contribution in [-0.4, -0.2) is 38.6 Å². The SMILES string of the molecule is COc1ccc(OC)c(/C=C/C(=O)OCC(=O)NC(=O)c2ccccc2)c1. The van der Waals surface area contributed by atoms with E-state index >= 15 is 0 Å². The van der Waals surface area contributed by atoms with E-state index in [1.165, 1.54) is 20.3 Å². The Balaban J connectivity index is 1.88. The van der Waals surface area contributed by atoms with Crippen molar-refractivity contribution < 1.29 is 28.6 Å². The maximum Gasteiger partial charge on any atom is 0.331 e. The molecular weight excluding hydrogens is 350 g/mol. The zero-order chi connectivity index (χ0) is 19.6. The topological polar surface area (TPSA) is 90.9 Å². The molecule has 2 amide bonds. The first-order chi connectivity index (χ1) is 13.0. The van der Waals surface area contributed by atoms with Gasteiger partial charge in [0.2, 0.25) is 0 Å². The standard InChI is InChI=1S/C20H19NO6/c1-25-16-9-10-17(26-2)15(12-16)8-11-19(23)27-13-18(22)21-20(24)14-6-4-3-5-7-14/h3-12H,13H2,1-2H3,(H,21,22,24)/b11-8+. The Hall–Kier alpha value is -3.61. The Bertz CT molecular complexity index is 845. The second kappa shape index (κ2) is 9.76. The number of imide groups is 1. The van der Waals surface area contributed by atoms with E-state index in [1.54, 1.807) is 48.5 Å². The molecule has 0 atom stereocenters. The average Bonchev–Trinajstić information content (AvgIpc) is 2.71. The minimum atomic E-state index is -0.734. The van der Waals surface area contributed by atoms with E-state index in [-0.39, 0.29) is 0 Å². The van der Waals surface area contributed by atoms with Crippen LogP contribution in [0.4, 0.5) is 0 Å². The van der Waals surface area contributed by atoms with Crippen LogP contribution >= 0.6 is 0 Å². The summed E-state index contributed by atoms with van der Waals surface area (Å²) in [6, 6.07) is 13.4. The van der Waals surface area contributed by atoms with E-state index in [9.17, 15) is 14.4 Å². The molecule has 7 heteroatoms. The van der Waals surface area contributed by atoms with Crippen molar-refractivity contribution in [2.45, 2.75) is 0 Å². The number of amides is 2. The molecule has 0 radical (unpaired) electrons. The van der Waals surface area contributed by atoms with Crippen LogP contribution in [0, 0.1) is 0 Å². The highest BCUT2D eigenvalue weighted by molar-refractivity contribution is 6.05. The van der Waals surface area contributed by atoms with Gasteiger partial charge in [-0.15, -0.1) is 0 Å². The number of esters is 1. The number of nitrogens with one attached hydrogen (secondary N) is 1. The summed E-state index contributed by atoms with van der Waals surface area (Å²) in [6.45, 7) is -0.572. The van der Waals surface area contributed by atoms with E-state index < -0.39 is 24.4 Å². The van der Waals surface area contributed by atoms with Crippen molar-refractivity contribution in [2.24, 2.45) is 0 Å². The fourth-order valence-electron chi connectivity index (χ4n) is 2.14. The molecular formula is C20H19NO6. The van der Waals surface area contributed by atoms with E-state index in [1.807, 2.05) is 0 Å². The van der Waals surface area contributed by atoms with Gasteiger partial charge in [-0.05, 0) is 36.4 Å². The van der Waals surface area contributed by atoms with Crippen molar-refractivity contribution in [3.05, 3.63) is 65.7 Å². The normalized spacial score (nSPS) is 10.3. The molecule has 7 nitrogen and oxygen atoms in total. The van der Waals surface area contributed by atoms with Crippen molar-refractivity contribution in [3.8, 4) is 11.5 Å². The summed E-state index contributed by atoms with van der Waals surface area (Å²) in [4.78, 5) is 35.3. The molecule has 0 fully saturated rings. The zero-order valence-corrected chi connectivity index (χ0v) is 14.9. The predicted molar refractivity (Wildman–Crippen MR) is 98.5 cm³/mol. The molecule has 2 aromatic rings. The van der Waals surface area contributed by atoms with Gasteiger partial charge >= 0.3 is 5.97 Å². The van der Waals surface area contributed by atoms with Crippen molar-refractivity contribution in [1.29, 1.82) is 0 Å². The minimum Gasteiger partial charge on any atom is -0.497 e. The molecule has 27 heavy (non-hydrogen) atoms. The third-order valence-corrected chi connectivity index (χ3v) is 3.47. The maximum absolute atomic E-state index is 11.8. The molecule has 0 unspecified atom stereocenters. The third kappa shape index (κ3) is 6.00. The second-order valence-electron chi connectivity index (χ2n) is 5.29. The van der Waals surface area contributed by atoms with Crippen LogP contribution in [0.5, 0.6) is 11.5 Å². The monoisotopic (exact) mass is 369 g/mol. The number of carbonyl (C=O) groups excluding carboxylic acids is 3. The number of methoxy groups -OCH3 is 2. The van der Waals surface area contributed by atoms with Gasteiger partial charge in [-0.3, -0.25) is 14.9 Å². The van der Waals surface area contributed by atoms with Crippen LogP contribution in [-0.2, 0) is 14.3 Å². The summed E-state index contributed by atoms with van der Waals surface area (Å²) in [5.74, 6) is -0.867. The average molecular weight is 369 g/mol. The molecule has 0 aliphatic carbocycles. The molecule has 0 aromatic heterocycles. The van der Waals surface area contributed by atoms with Gasteiger partial charge in [0.05, 0.1) is 14.2 Å². The van der Waals surface area contributed by atoms with Gasteiger partial charge in [0, 0.05) is 17.2 Å². The van der Waals surface area contributed by atoms with E-state index in [4.69, 9.17) is 14.2 Å². The van der Waals surface area contributed by atoms with E-state index in [0.29, 0.717) is 22.6 Å². The summed E-state index contributed by atoms with van der Waals surface area (Å²) < 4.78 is 15.2. The fraction of sp³-hybridized carbons (Fsp3) is 0.150. The van der Waals surface area contributed by atoms with Crippen molar-refractivity contribution in [1.82, 2.24) is 5.32 Å². The fourth-order valence-corrected chi connectivity index (χ4v) is 2.14. The zero-order valence-electron chi connectivity index (χ0n) is 14.9. The van der Waals surface area contributed by atoms with Crippen LogP contribution in [0.15, 0.2) is 54.6 Å². The lowest BCUT2D eigenvalue weighted by atomic mass is 10.1. The molecule has 0 spiro atoms. The Labute approximate surface area is 156 Å². The molecule has 0 saturated carbocycles. The summed E-state index contributed by atoms with van der Waals surface area (Å²) in [7, 11) is 3.03. The lowest BCUT2D eigenvalue weighted by molar-refractivity contribution is -0.143. The van der Waals surface area contributed by atoms with Gasteiger partial charge in [-0.1, -0.05) is 18.2 Å². The smallest absolute Gasteiger partial charge is 0.331 e. The Morgan fingerprint density at radius 3 is 2.41 bits per heavy atom. The lowest BCUT2D eigenvalue weighted by Gasteiger charge is -2.07. The molecule has 0 aliphatic rings. The third-order valence-electron chi connectivity index (χ3n) is 3.47. The summed E-state index contributed by atoms with van der Waals surface area (Å²) in [6.07, 6.45) is 2.64. The van der Waals surface area contributed by atoms with Crippen molar-refractivity contribution in [3.63, 3.8) is 0 Å². The van der Waals surface area contributed by atoms with E-state index in [0.717, 1.165) is 6.08 Å². The first-order valence-electron chi connectivity index (χ1n) is 7.99.